The maximum atomic E-state index is 13.0. The lowest BCUT2D eigenvalue weighted by Crippen LogP contribution is -2.27. The van der Waals surface area contributed by atoms with Crippen molar-refractivity contribution in [2.75, 3.05) is 14.2 Å². The van der Waals surface area contributed by atoms with Crippen molar-refractivity contribution in [1.82, 2.24) is 5.32 Å². The Morgan fingerprint density at radius 1 is 1.05 bits per heavy atom. The zero-order valence-corrected chi connectivity index (χ0v) is 12.7. The van der Waals surface area contributed by atoms with Gasteiger partial charge in [-0.05, 0) is 36.8 Å². The predicted octanol–water partition coefficient (Wildman–Crippen LogP) is 3.33. The van der Waals surface area contributed by atoms with Gasteiger partial charge in [0.15, 0.2) is 0 Å². The average molecular weight is 303 g/mol. The summed E-state index contributed by atoms with van der Waals surface area (Å²) in [7, 11) is 2.99. The molecular weight excluding hydrogens is 285 g/mol. The summed E-state index contributed by atoms with van der Waals surface area (Å²) in [5.74, 6) is 0.242. The fraction of sp³-hybridized carbons (Fsp3) is 0.235. The summed E-state index contributed by atoms with van der Waals surface area (Å²) >= 11 is 0. The van der Waals surface area contributed by atoms with Crippen molar-refractivity contribution in [1.29, 1.82) is 0 Å². The number of methoxy groups -OCH3 is 2. The Labute approximate surface area is 128 Å². The summed E-state index contributed by atoms with van der Waals surface area (Å²) in [6.07, 6.45) is 0. The molecule has 0 fully saturated rings. The molecule has 22 heavy (non-hydrogen) atoms. The normalized spacial score (nSPS) is 11.6. The highest BCUT2D eigenvalue weighted by atomic mass is 19.1. The standard InChI is InChI=1S/C17H18FNO3/c1-11(12-7-9-13(18)10-8-12)19-17(20)16-14(21-2)5-4-6-15(16)22-3/h4-11H,1-3H3,(H,19,20)/t11-/m1/s1. The second-order valence-corrected chi connectivity index (χ2v) is 4.78. The van der Waals surface area contributed by atoms with Crippen LogP contribution in [0.1, 0.15) is 28.9 Å². The van der Waals surface area contributed by atoms with E-state index in [1.165, 1.54) is 26.4 Å². The summed E-state index contributed by atoms with van der Waals surface area (Å²) in [4.78, 5) is 12.5. The summed E-state index contributed by atoms with van der Waals surface area (Å²) in [5.41, 5.74) is 1.14. The van der Waals surface area contributed by atoms with E-state index < -0.39 is 0 Å². The molecule has 0 aromatic heterocycles. The summed E-state index contributed by atoms with van der Waals surface area (Å²) in [6, 6.07) is 10.9. The zero-order chi connectivity index (χ0) is 16.1. The zero-order valence-electron chi connectivity index (χ0n) is 12.7. The van der Waals surface area contributed by atoms with Crippen LogP contribution in [0.2, 0.25) is 0 Å². The van der Waals surface area contributed by atoms with E-state index in [9.17, 15) is 9.18 Å². The Kier molecular flexibility index (Phi) is 4.99. The molecule has 0 spiro atoms. The highest BCUT2D eigenvalue weighted by Crippen LogP contribution is 2.28. The number of rotatable bonds is 5. The lowest BCUT2D eigenvalue weighted by Gasteiger charge is -2.17. The predicted molar refractivity (Wildman–Crippen MR) is 81.8 cm³/mol. The van der Waals surface area contributed by atoms with Crippen LogP contribution in [-0.4, -0.2) is 20.1 Å². The van der Waals surface area contributed by atoms with Gasteiger partial charge >= 0.3 is 0 Å². The van der Waals surface area contributed by atoms with Crippen LogP contribution in [0, 0.1) is 5.82 Å². The van der Waals surface area contributed by atoms with Crippen LogP contribution >= 0.6 is 0 Å². The monoisotopic (exact) mass is 303 g/mol. The third kappa shape index (κ3) is 3.36. The van der Waals surface area contributed by atoms with Crippen molar-refractivity contribution in [3.05, 3.63) is 59.4 Å². The first kappa shape index (κ1) is 15.8. The molecule has 0 saturated heterocycles. The summed E-state index contributed by atoms with van der Waals surface area (Å²) in [6.45, 7) is 1.83. The Bertz CT molecular complexity index is 633. The first-order valence-electron chi connectivity index (χ1n) is 6.84. The van der Waals surface area contributed by atoms with Crippen LogP contribution in [-0.2, 0) is 0 Å². The van der Waals surface area contributed by atoms with Crippen LogP contribution in [0.4, 0.5) is 4.39 Å². The van der Waals surface area contributed by atoms with Gasteiger partial charge in [-0.3, -0.25) is 4.79 Å². The minimum atomic E-state index is -0.314. The molecule has 0 radical (unpaired) electrons. The second kappa shape index (κ2) is 6.93. The first-order valence-corrected chi connectivity index (χ1v) is 6.84. The van der Waals surface area contributed by atoms with Gasteiger partial charge in [0.2, 0.25) is 0 Å². The highest BCUT2D eigenvalue weighted by Gasteiger charge is 2.20. The first-order chi connectivity index (χ1) is 10.6. The summed E-state index contributed by atoms with van der Waals surface area (Å²) < 4.78 is 23.4. The number of hydrogen-bond donors (Lipinski definition) is 1. The molecule has 5 heteroatoms. The maximum Gasteiger partial charge on any atom is 0.259 e. The third-order valence-corrected chi connectivity index (χ3v) is 3.37. The molecule has 0 unspecified atom stereocenters. The quantitative estimate of drug-likeness (QED) is 0.921. The van der Waals surface area contributed by atoms with E-state index in [0.717, 1.165) is 5.56 Å². The fourth-order valence-corrected chi connectivity index (χ4v) is 2.18. The number of amides is 1. The van der Waals surface area contributed by atoms with Gasteiger partial charge in [-0.2, -0.15) is 0 Å². The van der Waals surface area contributed by atoms with Gasteiger partial charge in [0.05, 0.1) is 20.3 Å². The van der Waals surface area contributed by atoms with Gasteiger partial charge in [0.25, 0.3) is 5.91 Å². The molecule has 4 nitrogen and oxygen atoms in total. The minimum absolute atomic E-state index is 0.275. The van der Waals surface area contributed by atoms with Crippen LogP contribution < -0.4 is 14.8 Å². The van der Waals surface area contributed by atoms with Gasteiger partial charge in [0.1, 0.15) is 22.9 Å². The molecular formula is C17H18FNO3. The lowest BCUT2D eigenvalue weighted by molar-refractivity contribution is 0.0933. The van der Waals surface area contributed by atoms with Gasteiger partial charge in [-0.15, -0.1) is 0 Å². The van der Waals surface area contributed by atoms with E-state index in [0.29, 0.717) is 17.1 Å². The van der Waals surface area contributed by atoms with Crippen molar-refractivity contribution in [3.63, 3.8) is 0 Å². The molecule has 1 atom stereocenters. The number of benzene rings is 2. The molecule has 0 aliphatic heterocycles. The molecule has 1 amide bonds. The third-order valence-electron chi connectivity index (χ3n) is 3.37. The van der Waals surface area contributed by atoms with Gasteiger partial charge in [-0.25, -0.2) is 4.39 Å². The van der Waals surface area contributed by atoms with Crippen LogP contribution in [0.5, 0.6) is 11.5 Å². The number of nitrogens with one attached hydrogen (secondary N) is 1. The van der Waals surface area contributed by atoms with E-state index >= 15 is 0 Å². The number of carbonyl (C=O) groups is 1. The Hall–Kier alpha value is -2.56. The average Bonchev–Trinajstić information content (AvgIpc) is 2.54. The molecule has 116 valence electrons. The van der Waals surface area contributed by atoms with E-state index in [2.05, 4.69) is 5.32 Å². The molecule has 0 aliphatic carbocycles. The van der Waals surface area contributed by atoms with Crippen molar-refractivity contribution < 1.29 is 18.7 Å². The number of ether oxygens (including phenoxy) is 2. The molecule has 1 N–H and O–H groups in total. The highest BCUT2D eigenvalue weighted by molar-refractivity contribution is 5.99. The van der Waals surface area contributed by atoms with Crippen LogP contribution in [0.3, 0.4) is 0 Å². The largest absolute Gasteiger partial charge is 0.496 e. The Balaban J connectivity index is 2.23. The molecule has 0 heterocycles. The molecule has 2 rings (SSSR count). The van der Waals surface area contributed by atoms with Crippen molar-refractivity contribution in [2.24, 2.45) is 0 Å². The van der Waals surface area contributed by atoms with Crippen molar-refractivity contribution >= 4 is 5.91 Å². The molecule has 2 aromatic carbocycles. The van der Waals surface area contributed by atoms with E-state index in [1.54, 1.807) is 30.3 Å². The van der Waals surface area contributed by atoms with Crippen LogP contribution in [0.15, 0.2) is 42.5 Å². The SMILES string of the molecule is COc1cccc(OC)c1C(=O)N[C@H](C)c1ccc(F)cc1. The molecule has 0 bridgehead atoms. The minimum Gasteiger partial charge on any atom is -0.496 e. The van der Waals surface area contributed by atoms with E-state index in [4.69, 9.17) is 9.47 Å². The van der Waals surface area contributed by atoms with Gasteiger partial charge in [-0.1, -0.05) is 18.2 Å². The Morgan fingerprint density at radius 2 is 1.59 bits per heavy atom. The molecule has 0 aliphatic rings. The lowest BCUT2D eigenvalue weighted by atomic mass is 10.1. The molecule has 2 aromatic rings. The summed E-state index contributed by atoms with van der Waals surface area (Å²) in [5, 5.41) is 2.86. The maximum absolute atomic E-state index is 13.0. The Morgan fingerprint density at radius 3 is 2.09 bits per heavy atom. The number of carbonyl (C=O) groups excluding carboxylic acids is 1. The second-order valence-electron chi connectivity index (χ2n) is 4.78. The number of halogens is 1. The van der Waals surface area contributed by atoms with E-state index in [-0.39, 0.29) is 17.8 Å². The fourth-order valence-electron chi connectivity index (χ4n) is 2.18. The van der Waals surface area contributed by atoms with Crippen molar-refractivity contribution in [3.8, 4) is 11.5 Å². The number of hydrogen-bond acceptors (Lipinski definition) is 3. The van der Waals surface area contributed by atoms with Gasteiger partial charge in [0, 0.05) is 0 Å². The van der Waals surface area contributed by atoms with Crippen LogP contribution in [0.25, 0.3) is 0 Å². The van der Waals surface area contributed by atoms with E-state index in [1.807, 2.05) is 6.92 Å². The molecule has 0 saturated carbocycles. The van der Waals surface area contributed by atoms with Gasteiger partial charge < -0.3 is 14.8 Å². The van der Waals surface area contributed by atoms with Crippen molar-refractivity contribution in [2.45, 2.75) is 13.0 Å². The topological polar surface area (TPSA) is 47.6 Å². The smallest absolute Gasteiger partial charge is 0.259 e.